The molecule has 0 unspecified atom stereocenters. The second-order valence-corrected chi connectivity index (χ2v) is 7.38. The van der Waals surface area contributed by atoms with E-state index in [-0.39, 0.29) is 0 Å². The van der Waals surface area contributed by atoms with Crippen LogP contribution in [-0.2, 0) is 13.1 Å². The summed E-state index contributed by atoms with van der Waals surface area (Å²) in [6.07, 6.45) is 2.31. The van der Waals surface area contributed by atoms with Gasteiger partial charge in [-0.1, -0.05) is 17.7 Å². The van der Waals surface area contributed by atoms with Crippen molar-refractivity contribution in [3.63, 3.8) is 0 Å². The monoisotopic (exact) mass is 419 g/mol. The van der Waals surface area contributed by atoms with E-state index < -0.39 is 0 Å². The van der Waals surface area contributed by atoms with Gasteiger partial charge in [0.2, 0.25) is 0 Å². The van der Waals surface area contributed by atoms with Crippen LogP contribution in [-0.4, -0.2) is 30.6 Å². The smallest absolute Gasteiger partial charge is 0.137 e. The molecule has 0 bridgehead atoms. The predicted octanol–water partition coefficient (Wildman–Crippen LogP) is 4.73. The zero-order valence-electron chi connectivity index (χ0n) is 16.9. The van der Waals surface area contributed by atoms with Gasteiger partial charge in [0.15, 0.2) is 0 Å². The van der Waals surface area contributed by atoms with Gasteiger partial charge >= 0.3 is 0 Å². The molecule has 0 amide bonds. The van der Waals surface area contributed by atoms with Crippen molar-refractivity contribution >= 4 is 28.2 Å². The summed E-state index contributed by atoms with van der Waals surface area (Å²) in [6.45, 7) is 1.85. The fourth-order valence-electron chi connectivity index (χ4n) is 3.25. The minimum atomic E-state index is 0.462. The summed E-state index contributed by atoms with van der Waals surface area (Å²) in [4.78, 5) is 6.64. The zero-order valence-corrected chi connectivity index (χ0v) is 17.7. The van der Waals surface area contributed by atoms with E-state index in [1.54, 1.807) is 13.2 Å². The van der Waals surface area contributed by atoms with Crippen LogP contribution in [0.15, 0.2) is 42.6 Å². The number of hydrogen-bond acceptors (Lipinski definition) is 6. The second-order valence-electron chi connectivity index (χ2n) is 6.97. The van der Waals surface area contributed by atoms with Gasteiger partial charge in [-0.3, -0.25) is 4.98 Å². The number of anilines is 1. The van der Waals surface area contributed by atoms with E-state index in [0.29, 0.717) is 42.4 Å². The van der Waals surface area contributed by atoms with E-state index in [1.165, 1.54) is 0 Å². The van der Waals surface area contributed by atoms with Crippen molar-refractivity contribution < 1.29 is 4.74 Å². The predicted molar refractivity (Wildman–Crippen MR) is 118 cm³/mol. The summed E-state index contributed by atoms with van der Waals surface area (Å²) in [5.74, 6) is 0.633. The topological polar surface area (TPSA) is 85.0 Å². The fourth-order valence-corrected chi connectivity index (χ4v) is 3.53. The molecule has 0 aliphatic heterocycles. The summed E-state index contributed by atoms with van der Waals surface area (Å²) < 4.78 is 5.22. The molecule has 7 heteroatoms. The molecular formula is C23H22ClN5O. The van der Waals surface area contributed by atoms with E-state index >= 15 is 0 Å². The molecule has 0 spiro atoms. The zero-order chi connectivity index (χ0) is 21.5. The molecule has 3 aromatic rings. The van der Waals surface area contributed by atoms with E-state index in [2.05, 4.69) is 27.3 Å². The van der Waals surface area contributed by atoms with E-state index in [1.807, 2.05) is 43.6 Å². The van der Waals surface area contributed by atoms with Gasteiger partial charge in [0.25, 0.3) is 0 Å². The maximum atomic E-state index is 9.33. The first-order chi connectivity index (χ1) is 14.5. The van der Waals surface area contributed by atoms with Crippen molar-refractivity contribution in [2.75, 3.05) is 26.0 Å². The van der Waals surface area contributed by atoms with Crippen molar-refractivity contribution in [2.24, 2.45) is 0 Å². The third-order valence-electron chi connectivity index (χ3n) is 4.81. The van der Waals surface area contributed by atoms with E-state index in [9.17, 15) is 5.26 Å². The number of methoxy groups -OCH3 is 1. The van der Waals surface area contributed by atoms with Crippen LogP contribution in [0.3, 0.4) is 0 Å². The Labute approximate surface area is 181 Å². The molecule has 3 rings (SSSR count). The lowest BCUT2D eigenvalue weighted by molar-refractivity contribution is 0.335. The van der Waals surface area contributed by atoms with E-state index in [0.717, 1.165) is 27.7 Å². The van der Waals surface area contributed by atoms with E-state index in [4.69, 9.17) is 21.6 Å². The number of nitrogens with one attached hydrogen (secondary N) is 1. The normalized spacial score (nSPS) is 10.6. The van der Waals surface area contributed by atoms with Crippen LogP contribution in [0, 0.1) is 22.7 Å². The van der Waals surface area contributed by atoms with Crippen LogP contribution in [0.4, 0.5) is 5.69 Å². The van der Waals surface area contributed by atoms with Gasteiger partial charge in [-0.15, -0.1) is 0 Å². The third-order valence-corrected chi connectivity index (χ3v) is 5.10. The number of nitrogens with zero attached hydrogens (tertiary/aromatic N) is 4. The average molecular weight is 420 g/mol. The SMILES string of the molecule is COc1ccc(CNc2c(CN(C)CCC#N)cnc3ccc(C#N)cc23)cc1Cl. The minimum Gasteiger partial charge on any atom is -0.495 e. The quantitative estimate of drug-likeness (QED) is 0.568. The molecule has 6 nitrogen and oxygen atoms in total. The van der Waals surface area contributed by atoms with Gasteiger partial charge < -0.3 is 15.0 Å². The molecule has 0 fully saturated rings. The highest BCUT2D eigenvalue weighted by molar-refractivity contribution is 6.32. The molecule has 2 aromatic carbocycles. The number of ether oxygens (including phenoxy) is 1. The molecule has 0 saturated heterocycles. The Morgan fingerprint density at radius 1 is 1.20 bits per heavy atom. The van der Waals surface area contributed by atoms with Crippen LogP contribution in [0.25, 0.3) is 10.9 Å². The number of nitriles is 2. The number of rotatable bonds is 8. The number of hydrogen-bond donors (Lipinski definition) is 1. The second kappa shape index (κ2) is 9.93. The van der Waals surface area contributed by atoms with Crippen LogP contribution < -0.4 is 10.1 Å². The van der Waals surface area contributed by atoms with Crippen molar-refractivity contribution in [1.29, 1.82) is 10.5 Å². The maximum Gasteiger partial charge on any atom is 0.137 e. The number of aromatic nitrogens is 1. The summed E-state index contributed by atoms with van der Waals surface area (Å²) in [6, 6.07) is 15.5. The summed E-state index contributed by atoms with van der Waals surface area (Å²) in [5.41, 5.74) is 4.32. The largest absolute Gasteiger partial charge is 0.495 e. The van der Waals surface area contributed by atoms with Crippen molar-refractivity contribution in [3.8, 4) is 17.9 Å². The molecule has 30 heavy (non-hydrogen) atoms. The number of fused-ring (bicyclic) bond motifs is 1. The summed E-state index contributed by atoms with van der Waals surface area (Å²) >= 11 is 6.26. The first-order valence-electron chi connectivity index (χ1n) is 9.49. The Kier molecular flexibility index (Phi) is 7.08. The number of benzene rings is 2. The van der Waals surface area contributed by atoms with Crippen molar-refractivity contribution in [1.82, 2.24) is 9.88 Å². The van der Waals surface area contributed by atoms with Crippen molar-refractivity contribution in [2.45, 2.75) is 19.5 Å². The Morgan fingerprint density at radius 2 is 2.03 bits per heavy atom. The highest BCUT2D eigenvalue weighted by Crippen LogP contribution is 2.30. The molecule has 1 heterocycles. The Hall–Kier alpha value is -3.32. The molecule has 0 radical (unpaired) electrons. The minimum absolute atomic E-state index is 0.462. The molecule has 0 saturated carbocycles. The van der Waals surface area contributed by atoms with Crippen molar-refractivity contribution in [3.05, 3.63) is 64.3 Å². The Bertz CT molecular complexity index is 1130. The molecule has 0 atom stereocenters. The number of pyridine rings is 1. The maximum absolute atomic E-state index is 9.33. The van der Waals surface area contributed by atoms with Gasteiger partial charge in [0.1, 0.15) is 5.75 Å². The van der Waals surface area contributed by atoms with Crippen LogP contribution in [0.5, 0.6) is 5.75 Å². The fraction of sp³-hybridized carbons (Fsp3) is 0.261. The van der Waals surface area contributed by atoms with Crippen LogP contribution in [0.2, 0.25) is 5.02 Å². The average Bonchev–Trinajstić information content (AvgIpc) is 2.76. The molecule has 0 aliphatic carbocycles. The van der Waals surface area contributed by atoms with Gasteiger partial charge in [-0.25, -0.2) is 0 Å². The molecule has 1 N–H and O–H groups in total. The highest BCUT2D eigenvalue weighted by atomic mass is 35.5. The Balaban J connectivity index is 1.96. The molecule has 1 aromatic heterocycles. The van der Waals surface area contributed by atoms with Gasteiger partial charge in [0, 0.05) is 48.9 Å². The lowest BCUT2D eigenvalue weighted by Crippen LogP contribution is -2.20. The standard InChI is InChI=1S/C23H22ClN5O/c1-29(9-3-8-25)15-18-14-27-21-6-4-16(12-26)10-19(21)23(18)28-13-17-5-7-22(30-2)20(24)11-17/h4-7,10-11,14H,3,9,13,15H2,1-2H3,(H,27,28). The lowest BCUT2D eigenvalue weighted by atomic mass is 10.1. The first kappa shape index (κ1) is 21.4. The summed E-state index contributed by atoms with van der Waals surface area (Å²) in [7, 11) is 3.56. The Morgan fingerprint density at radius 3 is 2.73 bits per heavy atom. The first-order valence-corrected chi connectivity index (χ1v) is 9.87. The lowest BCUT2D eigenvalue weighted by Gasteiger charge is -2.20. The summed E-state index contributed by atoms with van der Waals surface area (Å²) in [5, 5.41) is 23.1. The van der Waals surface area contributed by atoms with Gasteiger partial charge in [0.05, 0.1) is 35.4 Å². The van der Waals surface area contributed by atoms with Crippen LogP contribution in [0.1, 0.15) is 23.1 Å². The van der Waals surface area contributed by atoms with Crippen LogP contribution >= 0.6 is 11.6 Å². The highest BCUT2D eigenvalue weighted by Gasteiger charge is 2.12. The van der Waals surface area contributed by atoms with Gasteiger partial charge in [-0.05, 0) is 42.9 Å². The van der Waals surface area contributed by atoms with Gasteiger partial charge in [-0.2, -0.15) is 10.5 Å². The number of halogens is 1. The molecular weight excluding hydrogens is 398 g/mol. The molecule has 152 valence electrons. The third kappa shape index (κ3) is 4.99. The molecule has 0 aliphatic rings.